The Morgan fingerprint density at radius 3 is 2.33 bits per heavy atom. The third kappa shape index (κ3) is 8.01. The molecular formula is C21H25BrO5. The molecule has 0 fully saturated rings. The molecule has 2 aromatic carbocycles. The molecule has 0 spiro atoms. The number of carbonyl (C=O) groups is 1. The van der Waals surface area contributed by atoms with Gasteiger partial charge in [0, 0.05) is 17.3 Å². The van der Waals surface area contributed by atoms with Crippen LogP contribution in [0.2, 0.25) is 0 Å². The molecule has 5 nitrogen and oxygen atoms in total. The highest BCUT2D eigenvalue weighted by atomic mass is 79.9. The normalized spacial score (nSPS) is 12.0. The van der Waals surface area contributed by atoms with Gasteiger partial charge in [-0.25, -0.2) is 4.79 Å². The predicted molar refractivity (Wildman–Crippen MR) is 108 cm³/mol. The lowest BCUT2D eigenvalue weighted by Gasteiger charge is -2.17. The first-order valence-corrected chi connectivity index (χ1v) is 9.71. The van der Waals surface area contributed by atoms with E-state index >= 15 is 0 Å². The molecule has 0 aromatic heterocycles. The molecule has 0 saturated heterocycles. The maximum absolute atomic E-state index is 11.3. The predicted octanol–water partition coefficient (Wildman–Crippen LogP) is 4.72. The zero-order valence-electron chi connectivity index (χ0n) is 15.6. The molecule has 27 heavy (non-hydrogen) atoms. The lowest BCUT2D eigenvalue weighted by molar-refractivity contribution is -0.153. The highest BCUT2D eigenvalue weighted by molar-refractivity contribution is 9.10. The van der Waals surface area contributed by atoms with Crippen molar-refractivity contribution in [2.75, 3.05) is 13.2 Å². The molecule has 0 amide bonds. The van der Waals surface area contributed by atoms with Gasteiger partial charge in [0.2, 0.25) is 0 Å². The van der Waals surface area contributed by atoms with E-state index in [0.29, 0.717) is 25.4 Å². The molecule has 0 aliphatic heterocycles. The van der Waals surface area contributed by atoms with Gasteiger partial charge in [0.05, 0.1) is 19.3 Å². The van der Waals surface area contributed by atoms with E-state index in [1.54, 1.807) is 0 Å². The number of rotatable bonds is 11. The lowest BCUT2D eigenvalue weighted by atomic mass is 10.1. The third-order valence-corrected chi connectivity index (χ3v) is 4.20. The Morgan fingerprint density at radius 2 is 1.70 bits per heavy atom. The number of hydrogen-bond donors (Lipinski definition) is 1. The molecule has 0 bridgehead atoms. The van der Waals surface area contributed by atoms with Crippen LogP contribution in [0.4, 0.5) is 0 Å². The first-order chi connectivity index (χ1) is 12.9. The second-order valence-electron chi connectivity index (χ2n) is 6.37. The van der Waals surface area contributed by atoms with E-state index in [2.05, 4.69) is 15.9 Å². The Kier molecular flexibility index (Phi) is 8.61. The zero-order valence-corrected chi connectivity index (χ0v) is 17.1. The number of carboxylic acid groups (broad SMARTS) is 1. The first-order valence-electron chi connectivity index (χ1n) is 8.92. The minimum Gasteiger partial charge on any atom is -0.493 e. The SMILES string of the molecule is CC(C)O[C@@H](Cc1cccc(OCCCOc2ccc(Br)cc2)c1)C(=O)O. The molecule has 2 rings (SSSR count). The largest absolute Gasteiger partial charge is 0.493 e. The van der Waals surface area contributed by atoms with E-state index in [-0.39, 0.29) is 6.10 Å². The second-order valence-corrected chi connectivity index (χ2v) is 7.28. The van der Waals surface area contributed by atoms with Gasteiger partial charge in [-0.05, 0) is 55.8 Å². The molecule has 0 aliphatic rings. The molecule has 0 saturated carbocycles. The molecule has 0 unspecified atom stereocenters. The lowest BCUT2D eigenvalue weighted by Crippen LogP contribution is -2.29. The van der Waals surface area contributed by atoms with E-state index in [1.165, 1.54) is 0 Å². The Hall–Kier alpha value is -2.05. The molecule has 0 radical (unpaired) electrons. The molecular weight excluding hydrogens is 412 g/mol. The van der Waals surface area contributed by atoms with E-state index in [1.807, 2.05) is 62.4 Å². The minimum absolute atomic E-state index is 0.142. The summed E-state index contributed by atoms with van der Waals surface area (Å²) in [4.78, 5) is 11.3. The van der Waals surface area contributed by atoms with Crippen LogP contribution in [0.1, 0.15) is 25.8 Å². The van der Waals surface area contributed by atoms with Gasteiger partial charge < -0.3 is 19.3 Å². The summed E-state index contributed by atoms with van der Waals surface area (Å²) in [5, 5.41) is 9.29. The molecule has 1 N–H and O–H groups in total. The minimum atomic E-state index is -0.958. The van der Waals surface area contributed by atoms with Gasteiger partial charge in [0.15, 0.2) is 6.10 Å². The highest BCUT2D eigenvalue weighted by Crippen LogP contribution is 2.18. The number of hydrogen-bond acceptors (Lipinski definition) is 4. The van der Waals surface area contributed by atoms with Crippen molar-refractivity contribution in [3.63, 3.8) is 0 Å². The van der Waals surface area contributed by atoms with Crippen LogP contribution in [0.15, 0.2) is 53.0 Å². The maximum Gasteiger partial charge on any atom is 0.333 e. The van der Waals surface area contributed by atoms with Crippen molar-refractivity contribution in [2.45, 2.75) is 38.9 Å². The van der Waals surface area contributed by atoms with Crippen molar-refractivity contribution < 1.29 is 24.1 Å². The monoisotopic (exact) mass is 436 g/mol. The molecule has 1 atom stereocenters. The van der Waals surface area contributed by atoms with Crippen molar-refractivity contribution >= 4 is 21.9 Å². The van der Waals surface area contributed by atoms with Crippen LogP contribution < -0.4 is 9.47 Å². The molecule has 0 aliphatic carbocycles. The summed E-state index contributed by atoms with van der Waals surface area (Å²) >= 11 is 3.39. The number of aliphatic carboxylic acids is 1. The molecule has 2 aromatic rings. The second kappa shape index (κ2) is 10.9. The van der Waals surface area contributed by atoms with Crippen molar-refractivity contribution in [3.05, 3.63) is 58.6 Å². The standard InChI is InChI=1S/C21H25BrO5/c1-15(2)27-20(21(23)24)14-16-5-3-6-19(13-16)26-12-4-11-25-18-9-7-17(22)8-10-18/h3,5-10,13,15,20H,4,11-12,14H2,1-2H3,(H,23,24)/t20-/m0/s1. The molecule has 0 heterocycles. The highest BCUT2D eigenvalue weighted by Gasteiger charge is 2.20. The van der Waals surface area contributed by atoms with Gasteiger partial charge in [-0.3, -0.25) is 0 Å². The van der Waals surface area contributed by atoms with Gasteiger partial charge in [-0.15, -0.1) is 0 Å². The number of carboxylic acids is 1. The molecule has 146 valence electrons. The number of benzene rings is 2. The van der Waals surface area contributed by atoms with Gasteiger partial charge >= 0.3 is 5.97 Å². The average molecular weight is 437 g/mol. The van der Waals surface area contributed by atoms with Crippen molar-refractivity contribution in [2.24, 2.45) is 0 Å². The summed E-state index contributed by atoms with van der Waals surface area (Å²) in [5.41, 5.74) is 0.867. The van der Waals surface area contributed by atoms with Gasteiger partial charge in [0.25, 0.3) is 0 Å². The zero-order chi connectivity index (χ0) is 19.6. The van der Waals surface area contributed by atoms with Gasteiger partial charge in [0.1, 0.15) is 11.5 Å². The summed E-state index contributed by atoms with van der Waals surface area (Å²) in [6.07, 6.45) is 0.0436. The first kappa shape index (κ1) is 21.3. The van der Waals surface area contributed by atoms with E-state index in [9.17, 15) is 9.90 Å². The molecule has 6 heteroatoms. The van der Waals surface area contributed by atoms with Crippen LogP contribution in [-0.4, -0.2) is 36.5 Å². The quantitative estimate of drug-likeness (QED) is 0.516. The van der Waals surface area contributed by atoms with Crippen LogP contribution in [0.25, 0.3) is 0 Å². The average Bonchev–Trinajstić information content (AvgIpc) is 2.62. The summed E-state index contributed by atoms with van der Waals surface area (Å²) in [5.74, 6) is 0.579. The summed E-state index contributed by atoms with van der Waals surface area (Å²) in [6.45, 7) is 4.73. The summed E-state index contributed by atoms with van der Waals surface area (Å²) in [7, 11) is 0. The fourth-order valence-corrected chi connectivity index (χ4v) is 2.73. The Morgan fingerprint density at radius 1 is 1.04 bits per heavy atom. The third-order valence-electron chi connectivity index (χ3n) is 3.67. The maximum atomic E-state index is 11.3. The van der Waals surface area contributed by atoms with Crippen molar-refractivity contribution in [3.8, 4) is 11.5 Å². The van der Waals surface area contributed by atoms with E-state index < -0.39 is 12.1 Å². The number of halogens is 1. The fraction of sp³-hybridized carbons (Fsp3) is 0.381. The Bertz CT molecular complexity index is 715. The van der Waals surface area contributed by atoms with E-state index in [0.717, 1.165) is 22.2 Å². The number of ether oxygens (including phenoxy) is 3. The van der Waals surface area contributed by atoms with Crippen LogP contribution in [0, 0.1) is 0 Å². The van der Waals surface area contributed by atoms with Crippen LogP contribution in [0.3, 0.4) is 0 Å². The Balaban J connectivity index is 1.77. The fourth-order valence-electron chi connectivity index (χ4n) is 2.47. The Labute approximate surface area is 168 Å². The van der Waals surface area contributed by atoms with Gasteiger partial charge in [-0.2, -0.15) is 0 Å². The van der Waals surface area contributed by atoms with Crippen LogP contribution >= 0.6 is 15.9 Å². The van der Waals surface area contributed by atoms with Crippen LogP contribution in [0.5, 0.6) is 11.5 Å². The van der Waals surface area contributed by atoms with Gasteiger partial charge in [-0.1, -0.05) is 28.1 Å². The smallest absolute Gasteiger partial charge is 0.333 e. The summed E-state index contributed by atoms with van der Waals surface area (Å²) in [6, 6.07) is 15.1. The van der Waals surface area contributed by atoms with Crippen molar-refractivity contribution in [1.29, 1.82) is 0 Å². The van der Waals surface area contributed by atoms with E-state index in [4.69, 9.17) is 14.2 Å². The topological polar surface area (TPSA) is 65.0 Å². The summed E-state index contributed by atoms with van der Waals surface area (Å²) < 4.78 is 17.9. The van der Waals surface area contributed by atoms with Crippen molar-refractivity contribution in [1.82, 2.24) is 0 Å². The van der Waals surface area contributed by atoms with Crippen LogP contribution in [-0.2, 0) is 16.0 Å².